The normalized spacial score (nSPS) is 24.9. The van der Waals surface area contributed by atoms with Crippen LogP contribution < -0.4 is 5.73 Å². The zero-order valence-electron chi connectivity index (χ0n) is 11.8. The summed E-state index contributed by atoms with van der Waals surface area (Å²) in [6.07, 6.45) is 4.45. The topological polar surface area (TPSA) is 63.4 Å². The van der Waals surface area contributed by atoms with E-state index in [-0.39, 0.29) is 5.75 Å². The molecule has 2 atom stereocenters. The highest BCUT2D eigenvalue weighted by molar-refractivity contribution is 7.91. The van der Waals surface area contributed by atoms with Crippen LogP contribution in [0, 0.1) is 5.92 Å². The van der Waals surface area contributed by atoms with E-state index in [9.17, 15) is 8.42 Å². The Hall–Kier alpha value is -0.130. The third-order valence-electron chi connectivity index (χ3n) is 4.14. The standard InChI is InChI=1S/C13H28N2O2S/c1-3-15(9-6-10-18(16,17)4-2)13-8-5-7-12(13)11-14/h12-13H,3-11,14H2,1-2H3. The summed E-state index contributed by atoms with van der Waals surface area (Å²) < 4.78 is 22.9. The second-order valence-corrected chi connectivity index (χ2v) is 7.69. The van der Waals surface area contributed by atoms with Gasteiger partial charge in [-0.15, -0.1) is 0 Å². The fourth-order valence-corrected chi connectivity index (χ4v) is 3.82. The number of hydrogen-bond acceptors (Lipinski definition) is 4. The van der Waals surface area contributed by atoms with Crippen LogP contribution in [0.5, 0.6) is 0 Å². The first-order valence-electron chi connectivity index (χ1n) is 7.18. The smallest absolute Gasteiger partial charge is 0.150 e. The van der Waals surface area contributed by atoms with Gasteiger partial charge in [-0.3, -0.25) is 0 Å². The highest BCUT2D eigenvalue weighted by Gasteiger charge is 2.30. The predicted octanol–water partition coefficient (Wildman–Crippen LogP) is 1.26. The maximum Gasteiger partial charge on any atom is 0.150 e. The minimum Gasteiger partial charge on any atom is -0.330 e. The molecular weight excluding hydrogens is 248 g/mol. The van der Waals surface area contributed by atoms with Crippen LogP contribution in [0.4, 0.5) is 0 Å². The Morgan fingerprint density at radius 1 is 1.28 bits per heavy atom. The van der Waals surface area contributed by atoms with Gasteiger partial charge in [0.25, 0.3) is 0 Å². The zero-order chi connectivity index (χ0) is 13.6. The Bertz CT molecular complexity index is 330. The van der Waals surface area contributed by atoms with Crippen LogP contribution in [0.3, 0.4) is 0 Å². The molecule has 0 aromatic rings. The second-order valence-electron chi connectivity index (χ2n) is 5.21. The van der Waals surface area contributed by atoms with E-state index in [1.807, 2.05) is 0 Å². The van der Waals surface area contributed by atoms with Crippen molar-refractivity contribution in [1.29, 1.82) is 0 Å². The van der Waals surface area contributed by atoms with Crippen LogP contribution in [0.25, 0.3) is 0 Å². The Kier molecular flexibility index (Phi) is 6.60. The maximum atomic E-state index is 11.5. The van der Waals surface area contributed by atoms with Crippen LogP contribution in [-0.4, -0.2) is 50.5 Å². The number of rotatable bonds is 8. The largest absolute Gasteiger partial charge is 0.330 e. The zero-order valence-corrected chi connectivity index (χ0v) is 12.6. The molecule has 2 unspecified atom stereocenters. The maximum absolute atomic E-state index is 11.5. The molecule has 108 valence electrons. The Balaban J connectivity index is 2.42. The number of hydrogen-bond donors (Lipinski definition) is 1. The number of nitrogens with two attached hydrogens (primary N) is 1. The molecule has 0 aromatic heterocycles. The molecule has 1 rings (SSSR count). The second kappa shape index (κ2) is 7.46. The summed E-state index contributed by atoms with van der Waals surface area (Å²) in [7, 11) is -2.82. The van der Waals surface area contributed by atoms with Crippen LogP contribution in [0.1, 0.15) is 39.5 Å². The molecule has 0 spiro atoms. The Morgan fingerprint density at radius 2 is 2.00 bits per heavy atom. The van der Waals surface area contributed by atoms with E-state index < -0.39 is 9.84 Å². The quantitative estimate of drug-likeness (QED) is 0.725. The van der Waals surface area contributed by atoms with Crippen molar-refractivity contribution in [2.75, 3.05) is 31.1 Å². The van der Waals surface area contributed by atoms with E-state index in [1.54, 1.807) is 6.92 Å². The van der Waals surface area contributed by atoms with Gasteiger partial charge < -0.3 is 10.6 Å². The molecule has 0 saturated heterocycles. The molecule has 0 radical (unpaired) electrons. The molecule has 5 heteroatoms. The van der Waals surface area contributed by atoms with Gasteiger partial charge in [0.2, 0.25) is 0 Å². The van der Waals surface area contributed by atoms with Gasteiger partial charge in [0.1, 0.15) is 9.84 Å². The molecule has 1 saturated carbocycles. The van der Waals surface area contributed by atoms with Crippen LogP contribution in [0.15, 0.2) is 0 Å². The third-order valence-corrected chi connectivity index (χ3v) is 5.93. The van der Waals surface area contributed by atoms with Crippen molar-refractivity contribution in [2.45, 2.75) is 45.6 Å². The average Bonchev–Trinajstić information content (AvgIpc) is 2.82. The molecule has 2 N–H and O–H groups in total. The van der Waals surface area contributed by atoms with Crippen molar-refractivity contribution in [3.63, 3.8) is 0 Å². The van der Waals surface area contributed by atoms with E-state index >= 15 is 0 Å². The van der Waals surface area contributed by atoms with Crippen molar-refractivity contribution in [3.05, 3.63) is 0 Å². The van der Waals surface area contributed by atoms with Gasteiger partial charge >= 0.3 is 0 Å². The van der Waals surface area contributed by atoms with Crippen molar-refractivity contribution < 1.29 is 8.42 Å². The molecule has 0 aromatic carbocycles. The first-order chi connectivity index (χ1) is 8.54. The molecule has 1 fully saturated rings. The van der Waals surface area contributed by atoms with E-state index in [0.29, 0.717) is 17.7 Å². The Labute approximate surface area is 112 Å². The van der Waals surface area contributed by atoms with Gasteiger partial charge in [-0.05, 0) is 44.8 Å². The number of nitrogens with zero attached hydrogens (tertiary/aromatic N) is 1. The molecule has 0 aliphatic heterocycles. The minimum atomic E-state index is -2.82. The van der Waals surface area contributed by atoms with Gasteiger partial charge in [0.05, 0.1) is 5.75 Å². The fourth-order valence-electron chi connectivity index (χ4n) is 2.96. The molecule has 1 aliphatic carbocycles. The minimum absolute atomic E-state index is 0.258. The lowest BCUT2D eigenvalue weighted by Gasteiger charge is -2.31. The number of sulfone groups is 1. The van der Waals surface area contributed by atoms with Gasteiger partial charge in [-0.1, -0.05) is 20.3 Å². The summed E-state index contributed by atoms with van der Waals surface area (Å²) in [5, 5.41) is 0. The molecule has 4 nitrogen and oxygen atoms in total. The van der Waals surface area contributed by atoms with Gasteiger partial charge in [0.15, 0.2) is 0 Å². The summed E-state index contributed by atoms with van der Waals surface area (Å²) in [5.74, 6) is 1.18. The van der Waals surface area contributed by atoms with Crippen LogP contribution in [0.2, 0.25) is 0 Å². The predicted molar refractivity (Wildman–Crippen MR) is 76.4 cm³/mol. The first kappa shape index (κ1) is 15.9. The first-order valence-corrected chi connectivity index (χ1v) is 9.00. The SMILES string of the molecule is CCN(CCCS(=O)(=O)CC)C1CCCC1CN. The van der Waals surface area contributed by atoms with E-state index in [0.717, 1.165) is 26.1 Å². The van der Waals surface area contributed by atoms with Crippen molar-refractivity contribution in [1.82, 2.24) is 4.90 Å². The summed E-state index contributed by atoms with van der Waals surface area (Å²) in [6.45, 7) is 6.51. The van der Waals surface area contributed by atoms with Crippen LogP contribution >= 0.6 is 0 Å². The van der Waals surface area contributed by atoms with Crippen molar-refractivity contribution in [3.8, 4) is 0 Å². The molecule has 0 amide bonds. The van der Waals surface area contributed by atoms with E-state index in [2.05, 4.69) is 11.8 Å². The van der Waals surface area contributed by atoms with E-state index in [4.69, 9.17) is 5.73 Å². The summed E-state index contributed by atoms with van der Waals surface area (Å²) in [4.78, 5) is 2.43. The molecule has 0 bridgehead atoms. The highest BCUT2D eigenvalue weighted by atomic mass is 32.2. The summed E-state index contributed by atoms with van der Waals surface area (Å²) >= 11 is 0. The highest BCUT2D eigenvalue weighted by Crippen LogP contribution is 2.29. The fraction of sp³-hybridized carbons (Fsp3) is 1.00. The summed E-state index contributed by atoms with van der Waals surface area (Å²) in [5.41, 5.74) is 5.81. The van der Waals surface area contributed by atoms with E-state index in [1.165, 1.54) is 19.3 Å². The molecule has 1 aliphatic rings. The average molecular weight is 276 g/mol. The lowest BCUT2D eigenvalue weighted by Crippen LogP contribution is -2.41. The van der Waals surface area contributed by atoms with Gasteiger partial charge in [-0.25, -0.2) is 8.42 Å². The summed E-state index contributed by atoms with van der Waals surface area (Å²) in [6, 6.07) is 0.573. The van der Waals surface area contributed by atoms with Gasteiger partial charge in [0, 0.05) is 11.8 Å². The molecular formula is C13H28N2O2S. The van der Waals surface area contributed by atoms with Crippen molar-refractivity contribution >= 4 is 9.84 Å². The van der Waals surface area contributed by atoms with Crippen LogP contribution in [-0.2, 0) is 9.84 Å². The van der Waals surface area contributed by atoms with Gasteiger partial charge in [-0.2, -0.15) is 0 Å². The molecule has 0 heterocycles. The third kappa shape index (κ3) is 4.52. The Morgan fingerprint density at radius 3 is 2.56 bits per heavy atom. The van der Waals surface area contributed by atoms with Crippen molar-refractivity contribution in [2.24, 2.45) is 11.7 Å². The lowest BCUT2D eigenvalue weighted by atomic mass is 10.0. The lowest BCUT2D eigenvalue weighted by molar-refractivity contribution is 0.171. The molecule has 18 heavy (non-hydrogen) atoms. The monoisotopic (exact) mass is 276 g/mol.